The lowest BCUT2D eigenvalue weighted by Crippen LogP contribution is -2.35. The van der Waals surface area contributed by atoms with Crippen LogP contribution in [0, 0.1) is 17.8 Å². The molecule has 0 radical (unpaired) electrons. The molecule has 0 aromatic carbocycles. The summed E-state index contributed by atoms with van der Waals surface area (Å²) in [6.45, 7) is 2.92. The predicted octanol–water partition coefficient (Wildman–Crippen LogP) is 0.465. The van der Waals surface area contributed by atoms with E-state index in [0.29, 0.717) is 24.9 Å². The molecule has 3 atom stereocenters. The average Bonchev–Trinajstić information content (AvgIpc) is 2.75. The zero-order valence-electron chi connectivity index (χ0n) is 9.13. The van der Waals surface area contributed by atoms with Gasteiger partial charge in [0.2, 0.25) is 5.91 Å². The molecular formula is C11H16N2O3. The van der Waals surface area contributed by atoms with Crippen molar-refractivity contribution in [3.05, 3.63) is 0 Å². The maximum atomic E-state index is 12.1. The van der Waals surface area contributed by atoms with E-state index in [9.17, 15) is 9.59 Å². The predicted molar refractivity (Wildman–Crippen MR) is 55.9 cm³/mol. The van der Waals surface area contributed by atoms with Crippen LogP contribution in [0.5, 0.6) is 0 Å². The van der Waals surface area contributed by atoms with Crippen LogP contribution >= 0.6 is 0 Å². The molecule has 0 aromatic heterocycles. The molecule has 0 spiro atoms. The van der Waals surface area contributed by atoms with Crippen molar-refractivity contribution in [2.45, 2.75) is 12.8 Å². The van der Waals surface area contributed by atoms with E-state index in [-0.39, 0.29) is 11.8 Å². The fourth-order valence-electron chi connectivity index (χ4n) is 3.20. The lowest BCUT2D eigenvalue weighted by molar-refractivity contribution is -0.132. The van der Waals surface area contributed by atoms with Crippen LogP contribution < -0.4 is 0 Å². The normalized spacial score (nSPS) is 36.4. The Morgan fingerprint density at radius 3 is 2.06 bits per heavy atom. The van der Waals surface area contributed by atoms with Gasteiger partial charge in [0, 0.05) is 32.1 Å². The van der Waals surface area contributed by atoms with Crippen LogP contribution in [-0.2, 0) is 4.79 Å². The summed E-state index contributed by atoms with van der Waals surface area (Å²) in [5.41, 5.74) is 0. The topological polar surface area (TPSA) is 60.9 Å². The third-order valence-electron chi connectivity index (χ3n) is 4.17. The number of carboxylic acid groups (broad SMARTS) is 1. The number of nitrogens with zero attached hydrogens (tertiary/aromatic N) is 2. The first-order chi connectivity index (χ1) is 7.68. The summed E-state index contributed by atoms with van der Waals surface area (Å²) in [4.78, 5) is 26.2. The molecule has 2 aliphatic heterocycles. The van der Waals surface area contributed by atoms with Gasteiger partial charge in [0.1, 0.15) is 0 Å². The molecule has 3 fully saturated rings. The minimum absolute atomic E-state index is 0.133. The van der Waals surface area contributed by atoms with Gasteiger partial charge in [-0.05, 0) is 24.7 Å². The zero-order chi connectivity index (χ0) is 11.3. The fraction of sp³-hybridized carbons (Fsp3) is 0.818. The molecule has 2 heterocycles. The Labute approximate surface area is 94.0 Å². The number of fused-ring (bicyclic) bond motifs is 1. The summed E-state index contributed by atoms with van der Waals surface area (Å²) in [5, 5.41) is 8.82. The van der Waals surface area contributed by atoms with Gasteiger partial charge in [-0.25, -0.2) is 4.79 Å². The first-order valence-corrected chi connectivity index (χ1v) is 5.95. The van der Waals surface area contributed by atoms with Gasteiger partial charge in [-0.2, -0.15) is 0 Å². The molecule has 0 bridgehead atoms. The minimum Gasteiger partial charge on any atom is -0.465 e. The highest BCUT2D eigenvalue weighted by Gasteiger charge is 2.61. The second-order valence-electron chi connectivity index (χ2n) is 5.07. The summed E-state index contributed by atoms with van der Waals surface area (Å²) in [6.07, 6.45) is 1.39. The van der Waals surface area contributed by atoms with Gasteiger partial charge in [0.05, 0.1) is 0 Å². The van der Waals surface area contributed by atoms with E-state index in [2.05, 4.69) is 0 Å². The van der Waals surface area contributed by atoms with Gasteiger partial charge in [0.25, 0.3) is 0 Å². The van der Waals surface area contributed by atoms with E-state index in [1.807, 2.05) is 4.90 Å². The Morgan fingerprint density at radius 2 is 1.56 bits per heavy atom. The first kappa shape index (κ1) is 9.93. The van der Waals surface area contributed by atoms with E-state index >= 15 is 0 Å². The standard InChI is InChI=1S/C11H16N2O3/c14-10(12-3-1-2-4-12)9-7-5-13(11(15)16)6-8(7)9/h7-9H,1-6H2,(H,15,16)/t7-,8+,9?. The smallest absolute Gasteiger partial charge is 0.407 e. The van der Waals surface area contributed by atoms with Crippen molar-refractivity contribution < 1.29 is 14.7 Å². The second-order valence-corrected chi connectivity index (χ2v) is 5.07. The molecule has 1 saturated carbocycles. The van der Waals surface area contributed by atoms with E-state index in [1.165, 1.54) is 4.90 Å². The Kier molecular flexibility index (Phi) is 2.09. The molecule has 3 rings (SSSR count). The number of carbonyl (C=O) groups is 2. The summed E-state index contributed by atoms with van der Waals surface area (Å²) in [6, 6.07) is 0. The number of amides is 2. The number of piperidine rings is 1. The van der Waals surface area contributed by atoms with Crippen LogP contribution in [0.4, 0.5) is 4.79 Å². The van der Waals surface area contributed by atoms with Crippen LogP contribution in [0.2, 0.25) is 0 Å². The van der Waals surface area contributed by atoms with Gasteiger partial charge in [-0.3, -0.25) is 4.79 Å². The van der Waals surface area contributed by atoms with Crippen LogP contribution in [0.15, 0.2) is 0 Å². The number of hydrogen-bond acceptors (Lipinski definition) is 2. The third-order valence-corrected chi connectivity index (χ3v) is 4.17. The molecule has 88 valence electrons. The van der Waals surface area contributed by atoms with Gasteiger partial charge in [-0.1, -0.05) is 0 Å². The van der Waals surface area contributed by atoms with E-state index in [4.69, 9.17) is 5.11 Å². The van der Waals surface area contributed by atoms with Crippen LogP contribution in [0.1, 0.15) is 12.8 Å². The molecule has 2 amide bonds. The number of likely N-dealkylation sites (tertiary alicyclic amines) is 2. The second kappa shape index (κ2) is 3.37. The highest BCUT2D eigenvalue weighted by molar-refractivity contribution is 5.83. The quantitative estimate of drug-likeness (QED) is 0.704. The van der Waals surface area contributed by atoms with Crippen molar-refractivity contribution in [3.63, 3.8) is 0 Å². The van der Waals surface area contributed by atoms with Crippen LogP contribution in [0.25, 0.3) is 0 Å². The monoisotopic (exact) mass is 224 g/mol. The summed E-state index contributed by atoms with van der Waals surface area (Å²) in [7, 11) is 0. The van der Waals surface area contributed by atoms with E-state index in [1.54, 1.807) is 0 Å². The van der Waals surface area contributed by atoms with Crippen molar-refractivity contribution in [1.82, 2.24) is 9.80 Å². The number of carbonyl (C=O) groups excluding carboxylic acids is 1. The van der Waals surface area contributed by atoms with E-state index < -0.39 is 6.09 Å². The highest BCUT2D eigenvalue weighted by Crippen LogP contribution is 2.52. The third kappa shape index (κ3) is 1.37. The molecule has 1 N–H and O–H groups in total. The SMILES string of the molecule is O=C(O)N1C[C@@H]2C(C(=O)N3CCCC3)[C@@H]2C1. The van der Waals surface area contributed by atoms with Crippen LogP contribution in [0.3, 0.4) is 0 Å². The maximum absolute atomic E-state index is 12.1. The molecule has 5 heteroatoms. The molecular weight excluding hydrogens is 208 g/mol. The Bertz CT molecular complexity index is 326. The summed E-state index contributed by atoms with van der Waals surface area (Å²) in [5.74, 6) is 1.03. The average molecular weight is 224 g/mol. The molecule has 1 unspecified atom stereocenters. The fourth-order valence-corrected chi connectivity index (χ4v) is 3.20. The number of rotatable bonds is 1. The lowest BCUT2D eigenvalue weighted by atomic mass is 10.2. The van der Waals surface area contributed by atoms with Crippen molar-refractivity contribution in [2.24, 2.45) is 17.8 Å². The Hall–Kier alpha value is -1.26. The largest absolute Gasteiger partial charge is 0.465 e. The Morgan fingerprint density at radius 1 is 1.00 bits per heavy atom. The molecule has 1 aliphatic carbocycles. The molecule has 16 heavy (non-hydrogen) atoms. The lowest BCUT2D eigenvalue weighted by Gasteiger charge is -2.19. The molecule has 3 aliphatic rings. The zero-order valence-corrected chi connectivity index (χ0v) is 9.13. The van der Waals surface area contributed by atoms with Crippen LogP contribution in [-0.4, -0.2) is 53.1 Å². The summed E-state index contributed by atoms with van der Waals surface area (Å²) >= 11 is 0. The molecule has 5 nitrogen and oxygen atoms in total. The maximum Gasteiger partial charge on any atom is 0.407 e. The van der Waals surface area contributed by atoms with Gasteiger partial charge >= 0.3 is 6.09 Å². The minimum atomic E-state index is -0.848. The number of hydrogen-bond donors (Lipinski definition) is 1. The summed E-state index contributed by atoms with van der Waals surface area (Å²) < 4.78 is 0. The molecule has 2 saturated heterocycles. The van der Waals surface area contributed by atoms with Gasteiger partial charge < -0.3 is 14.9 Å². The van der Waals surface area contributed by atoms with E-state index in [0.717, 1.165) is 25.9 Å². The van der Waals surface area contributed by atoms with Gasteiger partial charge in [0.15, 0.2) is 0 Å². The first-order valence-electron chi connectivity index (χ1n) is 5.95. The van der Waals surface area contributed by atoms with Crippen molar-refractivity contribution in [3.8, 4) is 0 Å². The van der Waals surface area contributed by atoms with Gasteiger partial charge in [-0.15, -0.1) is 0 Å². The van der Waals surface area contributed by atoms with Crippen molar-refractivity contribution in [1.29, 1.82) is 0 Å². The Balaban J connectivity index is 1.58. The van der Waals surface area contributed by atoms with Crippen molar-refractivity contribution >= 4 is 12.0 Å². The highest BCUT2D eigenvalue weighted by atomic mass is 16.4. The molecule has 0 aromatic rings. The van der Waals surface area contributed by atoms with Crippen molar-refractivity contribution in [2.75, 3.05) is 26.2 Å².